The van der Waals surface area contributed by atoms with Crippen LogP contribution in [0.1, 0.15) is 64.2 Å². The van der Waals surface area contributed by atoms with Crippen LogP contribution in [0.5, 0.6) is 0 Å². The quantitative estimate of drug-likeness (QED) is 0.815. The summed E-state index contributed by atoms with van der Waals surface area (Å²) in [5.74, 6) is 1.78. The van der Waals surface area contributed by atoms with Crippen LogP contribution in [0.2, 0.25) is 0 Å². The molecule has 4 unspecified atom stereocenters. The molecule has 5 heteroatoms. The summed E-state index contributed by atoms with van der Waals surface area (Å²) in [5.41, 5.74) is 6.51. The number of carbonyl (C=O) groups is 1. The van der Waals surface area contributed by atoms with E-state index in [0.717, 1.165) is 37.6 Å². The van der Waals surface area contributed by atoms with E-state index in [2.05, 4.69) is 15.8 Å². The minimum atomic E-state index is 0.154. The number of nitrogens with zero attached hydrogens (tertiary/aromatic N) is 1. The van der Waals surface area contributed by atoms with Gasteiger partial charge in [-0.2, -0.15) is 0 Å². The van der Waals surface area contributed by atoms with Crippen molar-refractivity contribution in [3.8, 4) is 0 Å². The third-order valence-electron chi connectivity index (χ3n) is 6.49. The first-order chi connectivity index (χ1) is 11.3. The molecule has 0 aromatic carbocycles. The fraction of sp³-hybridized carbons (Fsp3) is 0.944. The summed E-state index contributed by atoms with van der Waals surface area (Å²) in [7, 11) is 0. The normalized spacial score (nSPS) is 37.4. The SMILES string of the molecule is O=C(COC1CCCCC1)N(C1CCNN1)C1CC2CCC1C2. The molecular formula is C18H31N3O2. The minimum absolute atomic E-state index is 0.154. The fourth-order valence-electron chi connectivity index (χ4n) is 5.32. The first kappa shape index (κ1) is 15.9. The van der Waals surface area contributed by atoms with E-state index in [-0.39, 0.29) is 18.7 Å². The summed E-state index contributed by atoms with van der Waals surface area (Å²) in [4.78, 5) is 15.1. The Morgan fingerprint density at radius 2 is 1.91 bits per heavy atom. The highest BCUT2D eigenvalue weighted by atomic mass is 16.5. The average Bonchev–Trinajstić information content (AvgIpc) is 3.32. The zero-order valence-electron chi connectivity index (χ0n) is 14.1. The lowest BCUT2D eigenvalue weighted by molar-refractivity contribution is -0.146. The number of hydrogen-bond donors (Lipinski definition) is 2. The Labute approximate surface area is 139 Å². The van der Waals surface area contributed by atoms with Crippen LogP contribution in [0.25, 0.3) is 0 Å². The summed E-state index contributed by atoms with van der Waals surface area (Å²) in [5, 5.41) is 0. The first-order valence-corrected chi connectivity index (χ1v) is 9.72. The molecular weight excluding hydrogens is 290 g/mol. The molecule has 130 valence electrons. The number of nitrogens with one attached hydrogen (secondary N) is 2. The molecule has 0 aromatic rings. The van der Waals surface area contributed by atoms with Gasteiger partial charge in [-0.25, -0.2) is 5.43 Å². The van der Waals surface area contributed by atoms with Gasteiger partial charge in [-0.3, -0.25) is 10.2 Å². The molecule has 23 heavy (non-hydrogen) atoms. The van der Waals surface area contributed by atoms with Crippen LogP contribution < -0.4 is 10.9 Å². The molecule has 1 saturated heterocycles. The van der Waals surface area contributed by atoms with Crippen LogP contribution in [0.15, 0.2) is 0 Å². The van der Waals surface area contributed by atoms with Crippen molar-refractivity contribution in [1.82, 2.24) is 15.8 Å². The zero-order chi connectivity index (χ0) is 15.6. The molecule has 3 aliphatic carbocycles. The van der Waals surface area contributed by atoms with Crippen molar-refractivity contribution in [2.45, 2.75) is 82.5 Å². The van der Waals surface area contributed by atoms with Gasteiger partial charge in [0.15, 0.2) is 0 Å². The number of amides is 1. The van der Waals surface area contributed by atoms with Crippen molar-refractivity contribution in [3.63, 3.8) is 0 Å². The van der Waals surface area contributed by atoms with Crippen molar-refractivity contribution < 1.29 is 9.53 Å². The molecule has 4 rings (SSSR count). The second kappa shape index (κ2) is 7.08. The standard InChI is InChI=1S/C18H31N3O2/c22-18(12-23-15-4-2-1-3-5-15)21(17-8-9-19-20-17)16-11-13-6-7-14(16)10-13/h13-17,19-20H,1-12H2. The molecule has 0 aromatic heterocycles. The molecule has 4 fully saturated rings. The van der Waals surface area contributed by atoms with Crippen LogP contribution in [0.3, 0.4) is 0 Å². The molecule has 0 radical (unpaired) electrons. The third-order valence-corrected chi connectivity index (χ3v) is 6.49. The maximum absolute atomic E-state index is 13.0. The van der Waals surface area contributed by atoms with E-state index in [4.69, 9.17) is 4.74 Å². The highest BCUT2D eigenvalue weighted by Gasteiger charge is 2.46. The van der Waals surface area contributed by atoms with Gasteiger partial charge in [0, 0.05) is 12.6 Å². The molecule has 1 amide bonds. The Balaban J connectivity index is 1.38. The Kier molecular flexibility index (Phi) is 4.88. The summed E-state index contributed by atoms with van der Waals surface area (Å²) >= 11 is 0. The van der Waals surface area contributed by atoms with E-state index < -0.39 is 0 Å². The molecule has 1 aliphatic heterocycles. The Morgan fingerprint density at radius 1 is 1.04 bits per heavy atom. The van der Waals surface area contributed by atoms with Gasteiger partial charge in [-0.1, -0.05) is 25.7 Å². The summed E-state index contributed by atoms with van der Waals surface area (Å²) in [6.07, 6.45) is 12.8. The summed E-state index contributed by atoms with van der Waals surface area (Å²) in [6, 6.07) is 0.439. The van der Waals surface area contributed by atoms with Gasteiger partial charge in [0.2, 0.25) is 5.91 Å². The molecule has 4 aliphatic rings. The largest absolute Gasteiger partial charge is 0.368 e. The number of rotatable bonds is 5. The van der Waals surface area contributed by atoms with Crippen LogP contribution in [-0.2, 0) is 9.53 Å². The Hall–Kier alpha value is -0.650. The Bertz CT molecular complexity index is 418. The monoisotopic (exact) mass is 321 g/mol. The third kappa shape index (κ3) is 3.42. The van der Waals surface area contributed by atoms with Crippen LogP contribution in [0, 0.1) is 11.8 Å². The maximum Gasteiger partial charge on any atom is 0.250 e. The highest BCUT2D eigenvalue weighted by Crippen LogP contribution is 2.47. The smallest absolute Gasteiger partial charge is 0.250 e. The molecule has 5 nitrogen and oxygen atoms in total. The van der Waals surface area contributed by atoms with Gasteiger partial charge in [0.25, 0.3) is 0 Å². The predicted molar refractivity (Wildman–Crippen MR) is 88.5 cm³/mol. The van der Waals surface area contributed by atoms with Crippen LogP contribution >= 0.6 is 0 Å². The fourth-order valence-corrected chi connectivity index (χ4v) is 5.32. The molecule has 2 N–H and O–H groups in total. The minimum Gasteiger partial charge on any atom is -0.368 e. The van der Waals surface area contributed by atoms with Crippen molar-refractivity contribution in [2.75, 3.05) is 13.2 Å². The van der Waals surface area contributed by atoms with Gasteiger partial charge in [-0.15, -0.1) is 0 Å². The molecule has 4 atom stereocenters. The Morgan fingerprint density at radius 3 is 2.57 bits per heavy atom. The lowest BCUT2D eigenvalue weighted by atomic mass is 9.93. The van der Waals surface area contributed by atoms with Gasteiger partial charge >= 0.3 is 0 Å². The lowest BCUT2D eigenvalue weighted by Gasteiger charge is -2.39. The highest BCUT2D eigenvalue weighted by molar-refractivity contribution is 5.78. The molecule has 0 spiro atoms. The van der Waals surface area contributed by atoms with E-state index in [1.807, 2.05) is 0 Å². The van der Waals surface area contributed by atoms with Gasteiger partial charge in [-0.05, 0) is 50.4 Å². The van der Waals surface area contributed by atoms with E-state index in [1.165, 1.54) is 44.9 Å². The van der Waals surface area contributed by atoms with E-state index >= 15 is 0 Å². The molecule has 2 bridgehead atoms. The summed E-state index contributed by atoms with van der Waals surface area (Å²) in [6.45, 7) is 1.22. The summed E-state index contributed by atoms with van der Waals surface area (Å²) < 4.78 is 5.99. The number of carbonyl (C=O) groups excluding carboxylic acids is 1. The van der Waals surface area contributed by atoms with Gasteiger partial charge in [0.05, 0.1) is 12.3 Å². The number of hydrogen-bond acceptors (Lipinski definition) is 4. The number of fused-ring (bicyclic) bond motifs is 2. The first-order valence-electron chi connectivity index (χ1n) is 9.72. The molecule has 3 saturated carbocycles. The lowest BCUT2D eigenvalue weighted by Crippen LogP contribution is -2.55. The zero-order valence-corrected chi connectivity index (χ0v) is 14.1. The predicted octanol–water partition coefficient (Wildman–Crippen LogP) is 2.18. The van der Waals surface area contributed by atoms with Crippen LogP contribution in [-0.4, -0.2) is 42.3 Å². The number of ether oxygens (including phenoxy) is 1. The van der Waals surface area contributed by atoms with Crippen molar-refractivity contribution >= 4 is 5.91 Å². The topological polar surface area (TPSA) is 53.6 Å². The van der Waals surface area contributed by atoms with Gasteiger partial charge in [0.1, 0.15) is 6.61 Å². The van der Waals surface area contributed by atoms with E-state index in [1.54, 1.807) is 0 Å². The van der Waals surface area contributed by atoms with Crippen molar-refractivity contribution in [2.24, 2.45) is 11.8 Å². The van der Waals surface area contributed by atoms with Gasteiger partial charge < -0.3 is 9.64 Å². The van der Waals surface area contributed by atoms with Crippen molar-refractivity contribution in [1.29, 1.82) is 0 Å². The van der Waals surface area contributed by atoms with E-state index in [0.29, 0.717) is 12.1 Å². The van der Waals surface area contributed by atoms with Crippen molar-refractivity contribution in [3.05, 3.63) is 0 Å². The average molecular weight is 321 g/mol. The second-order valence-electron chi connectivity index (χ2n) is 7.99. The van der Waals surface area contributed by atoms with E-state index in [9.17, 15) is 4.79 Å². The molecule has 1 heterocycles. The maximum atomic E-state index is 13.0. The number of hydrazine groups is 1. The van der Waals surface area contributed by atoms with Crippen LogP contribution in [0.4, 0.5) is 0 Å². The second-order valence-corrected chi connectivity index (χ2v) is 7.99.